The molecule has 19 heavy (non-hydrogen) atoms. The van der Waals surface area contributed by atoms with E-state index in [9.17, 15) is 0 Å². The van der Waals surface area contributed by atoms with Crippen LogP contribution < -0.4 is 10.1 Å². The Labute approximate surface area is 122 Å². The van der Waals surface area contributed by atoms with Gasteiger partial charge in [-0.3, -0.25) is 0 Å². The van der Waals surface area contributed by atoms with E-state index in [2.05, 4.69) is 52.4 Å². The van der Waals surface area contributed by atoms with Crippen molar-refractivity contribution in [2.45, 2.75) is 20.4 Å². The second-order valence-corrected chi connectivity index (χ2v) is 5.56. The molecule has 0 bridgehead atoms. The van der Waals surface area contributed by atoms with Crippen molar-refractivity contribution < 1.29 is 4.74 Å². The second-order valence-electron chi connectivity index (χ2n) is 4.64. The molecule has 2 aromatic rings. The maximum Gasteiger partial charge on any atom is 0.130 e. The van der Waals surface area contributed by atoms with Gasteiger partial charge in [-0.15, -0.1) is 0 Å². The Hall–Kier alpha value is -1.32. The molecule has 2 nitrogen and oxygen atoms in total. The third kappa shape index (κ3) is 3.58. The average molecular weight is 320 g/mol. The Morgan fingerprint density at radius 3 is 2.47 bits per heavy atom. The molecule has 0 aliphatic carbocycles. The Bertz CT molecular complexity index is 581. The molecule has 0 fully saturated rings. The van der Waals surface area contributed by atoms with Crippen LogP contribution in [0.4, 0.5) is 0 Å². The molecule has 0 saturated carbocycles. The zero-order valence-corrected chi connectivity index (χ0v) is 13.0. The van der Waals surface area contributed by atoms with Gasteiger partial charge in [-0.05, 0) is 61.9 Å². The van der Waals surface area contributed by atoms with Gasteiger partial charge in [0.15, 0.2) is 0 Å². The number of ether oxygens (including phenoxy) is 1. The molecular weight excluding hydrogens is 302 g/mol. The summed E-state index contributed by atoms with van der Waals surface area (Å²) < 4.78 is 7.10. The van der Waals surface area contributed by atoms with Gasteiger partial charge in [0.25, 0.3) is 0 Å². The van der Waals surface area contributed by atoms with Gasteiger partial charge >= 0.3 is 0 Å². The molecule has 0 radical (unpaired) electrons. The first-order valence-electron chi connectivity index (χ1n) is 6.28. The molecule has 1 N–H and O–H groups in total. The topological polar surface area (TPSA) is 21.3 Å². The van der Waals surface area contributed by atoms with Crippen LogP contribution in [0.2, 0.25) is 0 Å². The Morgan fingerprint density at radius 2 is 1.79 bits per heavy atom. The molecule has 0 aromatic heterocycles. The van der Waals surface area contributed by atoms with Crippen LogP contribution in [-0.2, 0) is 6.54 Å². The molecule has 0 aliphatic rings. The first-order valence-corrected chi connectivity index (χ1v) is 7.07. The summed E-state index contributed by atoms with van der Waals surface area (Å²) in [7, 11) is 1.94. The van der Waals surface area contributed by atoms with Crippen LogP contribution in [0, 0.1) is 13.8 Å². The molecule has 0 heterocycles. The van der Waals surface area contributed by atoms with E-state index >= 15 is 0 Å². The summed E-state index contributed by atoms with van der Waals surface area (Å²) in [6, 6.07) is 12.3. The van der Waals surface area contributed by atoms with E-state index in [1.54, 1.807) is 0 Å². The van der Waals surface area contributed by atoms with Crippen molar-refractivity contribution in [2.75, 3.05) is 7.05 Å². The molecule has 100 valence electrons. The van der Waals surface area contributed by atoms with Crippen LogP contribution in [0.15, 0.2) is 40.9 Å². The first kappa shape index (κ1) is 14.1. The summed E-state index contributed by atoms with van der Waals surface area (Å²) in [5.41, 5.74) is 3.48. The SMILES string of the molecule is CNCc1ccc(C)c(Oc2ccc(Br)cc2C)c1. The number of benzene rings is 2. The van der Waals surface area contributed by atoms with Crippen molar-refractivity contribution in [1.29, 1.82) is 0 Å². The van der Waals surface area contributed by atoms with E-state index in [0.717, 1.165) is 33.6 Å². The minimum Gasteiger partial charge on any atom is -0.457 e. The molecular formula is C16H18BrNO. The van der Waals surface area contributed by atoms with Crippen molar-refractivity contribution in [3.8, 4) is 11.5 Å². The van der Waals surface area contributed by atoms with E-state index in [4.69, 9.17) is 4.74 Å². The van der Waals surface area contributed by atoms with Crippen molar-refractivity contribution in [1.82, 2.24) is 5.32 Å². The van der Waals surface area contributed by atoms with E-state index in [1.807, 2.05) is 26.1 Å². The summed E-state index contributed by atoms with van der Waals surface area (Å²) >= 11 is 3.46. The van der Waals surface area contributed by atoms with Crippen molar-refractivity contribution in [2.24, 2.45) is 0 Å². The second kappa shape index (κ2) is 6.22. The van der Waals surface area contributed by atoms with Gasteiger partial charge in [0.1, 0.15) is 11.5 Å². The van der Waals surface area contributed by atoms with Crippen molar-refractivity contribution in [3.05, 3.63) is 57.6 Å². The highest BCUT2D eigenvalue weighted by Crippen LogP contribution is 2.30. The lowest BCUT2D eigenvalue weighted by atomic mass is 10.1. The zero-order chi connectivity index (χ0) is 13.8. The Balaban J connectivity index is 2.29. The quantitative estimate of drug-likeness (QED) is 0.890. The summed E-state index contributed by atoms with van der Waals surface area (Å²) in [5.74, 6) is 1.81. The summed E-state index contributed by atoms with van der Waals surface area (Å²) in [5, 5.41) is 3.15. The molecule has 0 spiro atoms. The van der Waals surface area contributed by atoms with Crippen LogP contribution >= 0.6 is 15.9 Å². The molecule has 0 atom stereocenters. The van der Waals surface area contributed by atoms with E-state index in [-0.39, 0.29) is 0 Å². The number of hydrogen-bond donors (Lipinski definition) is 1. The number of hydrogen-bond acceptors (Lipinski definition) is 2. The fraction of sp³-hybridized carbons (Fsp3) is 0.250. The fourth-order valence-corrected chi connectivity index (χ4v) is 2.39. The third-order valence-corrected chi connectivity index (χ3v) is 3.48. The Morgan fingerprint density at radius 1 is 1.00 bits per heavy atom. The highest BCUT2D eigenvalue weighted by Gasteiger charge is 2.06. The average Bonchev–Trinajstić information content (AvgIpc) is 2.37. The predicted octanol–water partition coefficient (Wildman–Crippen LogP) is 4.58. The van der Waals surface area contributed by atoms with Gasteiger partial charge in [-0.2, -0.15) is 0 Å². The van der Waals surface area contributed by atoms with Gasteiger partial charge < -0.3 is 10.1 Å². The Kier molecular flexibility index (Phi) is 4.61. The third-order valence-electron chi connectivity index (χ3n) is 2.99. The molecule has 0 unspecified atom stereocenters. The maximum atomic E-state index is 6.03. The highest BCUT2D eigenvalue weighted by atomic mass is 79.9. The first-order chi connectivity index (χ1) is 9.10. The molecule has 3 heteroatoms. The van der Waals surface area contributed by atoms with Gasteiger partial charge in [-0.25, -0.2) is 0 Å². The van der Waals surface area contributed by atoms with Crippen LogP contribution in [-0.4, -0.2) is 7.05 Å². The lowest BCUT2D eigenvalue weighted by Gasteiger charge is -2.12. The van der Waals surface area contributed by atoms with E-state index in [1.165, 1.54) is 5.56 Å². The van der Waals surface area contributed by atoms with Gasteiger partial charge in [0.2, 0.25) is 0 Å². The van der Waals surface area contributed by atoms with Crippen molar-refractivity contribution in [3.63, 3.8) is 0 Å². The molecule has 2 aromatic carbocycles. The lowest BCUT2D eigenvalue weighted by molar-refractivity contribution is 0.474. The summed E-state index contributed by atoms with van der Waals surface area (Å²) in [6.07, 6.45) is 0. The molecule has 0 amide bonds. The standard InChI is InChI=1S/C16H18BrNO/c1-11-4-5-13(10-18-3)9-16(11)19-15-7-6-14(17)8-12(15)2/h4-9,18H,10H2,1-3H3. The monoisotopic (exact) mass is 319 g/mol. The predicted molar refractivity (Wildman–Crippen MR) is 82.9 cm³/mol. The van der Waals surface area contributed by atoms with Crippen LogP contribution in [0.5, 0.6) is 11.5 Å². The molecule has 2 rings (SSSR count). The normalized spacial score (nSPS) is 10.5. The minimum absolute atomic E-state index is 0.843. The number of rotatable bonds is 4. The smallest absolute Gasteiger partial charge is 0.130 e. The van der Waals surface area contributed by atoms with Gasteiger partial charge in [-0.1, -0.05) is 28.1 Å². The summed E-state index contributed by atoms with van der Waals surface area (Å²) in [4.78, 5) is 0. The van der Waals surface area contributed by atoms with E-state index in [0.29, 0.717) is 0 Å². The van der Waals surface area contributed by atoms with Crippen LogP contribution in [0.25, 0.3) is 0 Å². The van der Waals surface area contributed by atoms with Crippen LogP contribution in [0.3, 0.4) is 0 Å². The number of aryl methyl sites for hydroxylation is 2. The molecule has 0 aliphatic heterocycles. The minimum atomic E-state index is 0.843. The number of halogens is 1. The fourth-order valence-electron chi connectivity index (χ4n) is 1.91. The van der Waals surface area contributed by atoms with Gasteiger partial charge in [0, 0.05) is 11.0 Å². The highest BCUT2D eigenvalue weighted by molar-refractivity contribution is 9.10. The number of nitrogens with one attached hydrogen (secondary N) is 1. The van der Waals surface area contributed by atoms with Gasteiger partial charge in [0.05, 0.1) is 0 Å². The zero-order valence-electron chi connectivity index (χ0n) is 11.5. The summed E-state index contributed by atoms with van der Waals surface area (Å²) in [6.45, 7) is 4.95. The van der Waals surface area contributed by atoms with Crippen molar-refractivity contribution >= 4 is 15.9 Å². The molecule has 0 saturated heterocycles. The van der Waals surface area contributed by atoms with Crippen LogP contribution in [0.1, 0.15) is 16.7 Å². The maximum absolute atomic E-state index is 6.03. The lowest BCUT2D eigenvalue weighted by Crippen LogP contribution is -2.05. The largest absolute Gasteiger partial charge is 0.457 e. The van der Waals surface area contributed by atoms with E-state index < -0.39 is 0 Å².